The smallest absolute Gasteiger partial charge is 0.250 e. The van der Waals surface area contributed by atoms with Crippen molar-refractivity contribution < 1.29 is 0 Å². The van der Waals surface area contributed by atoms with Crippen LogP contribution in [0.3, 0.4) is 0 Å². The average molecular weight is 263 g/mol. The Morgan fingerprint density at radius 2 is 2.07 bits per heavy atom. The van der Waals surface area contributed by atoms with Crippen molar-refractivity contribution in [3.8, 4) is 6.07 Å². The molecule has 0 N–H and O–H groups in total. The minimum absolute atomic E-state index is 0.114. The van der Waals surface area contributed by atoms with Gasteiger partial charge in [-0.2, -0.15) is 5.26 Å². The van der Waals surface area contributed by atoms with Gasteiger partial charge < -0.3 is 4.57 Å². The summed E-state index contributed by atoms with van der Waals surface area (Å²) >= 11 is 3.39. The van der Waals surface area contributed by atoms with Crippen molar-refractivity contribution in [2.75, 3.05) is 0 Å². The molecule has 0 amide bonds. The molecule has 1 aromatic heterocycles. The van der Waals surface area contributed by atoms with Gasteiger partial charge in [0.25, 0.3) is 5.56 Å². The first-order valence-electron chi connectivity index (χ1n) is 4.33. The highest BCUT2D eigenvalue weighted by Gasteiger charge is 2.07. The summed E-state index contributed by atoms with van der Waals surface area (Å²) in [7, 11) is 1.66. The second kappa shape index (κ2) is 3.52. The zero-order valence-corrected chi connectivity index (χ0v) is 9.58. The van der Waals surface area contributed by atoms with Crippen molar-refractivity contribution in [1.82, 2.24) is 4.57 Å². The lowest BCUT2D eigenvalue weighted by atomic mass is 10.1. The molecule has 3 nitrogen and oxygen atoms in total. The lowest BCUT2D eigenvalue weighted by Gasteiger charge is -2.07. The molecule has 4 heteroatoms. The number of benzene rings is 1. The topological polar surface area (TPSA) is 45.8 Å². The van der Waals surface area contributed by atoms with Crippen LogP contribution < -0.4 is 5.56 Å². The zero-order chi connectivity index (χ0) is 11.0. The van der Waals surface area contributed by atoms with E-state index in [1.54, 1.807) is 19.2 Å². The standard InChI is InChI=1S/C11H7BrN2O/c1-14-10(15)5-3-8-9(12)4-2-7(6-13)11(8)14/h2-5H,1H3. The number of hydrogen-bond acceptors (Lipinski definition) is 2. The predicted molar refractivity (Wildman–Crippen MR) is 61.6 cm³/mol. The maximum Gasteiger partial charge on any atom is 0.250 e. The molecule has 2 aromatic rings. The molecule has 0 radical (unpaired) electrons. The Labute approximate surface area is 94.7 Å². The Balaban J connectivity index is 3.10. The summed E-state index contributed by atoms with van der Waals surface area (Å²) in [4.78, 5) is 11.5. The van der Waals surface area contributed by atoms with Gasteiger partial charge in [-0.25, -0.2) is 0 Å². The molecule has 0 fully saturated rings. The number of nitrogens with zero attached hydrogens (tertiary/aromatic N) is 2. The van der Waals surface area contributed by atoms with Crippen molar-refractivity contribution in [3.05, 3.63) is 44.7 Å². The van der Waals surface area contributed by atoms with E-state index in [0.717, 1.165) is 9.86 Å². The van der Waals surface area contributed by atoms with E-state index in [4.69, 9.17) is 5.26 Å². The van der Waals surface area contributed by atoms with Crippen LogP contribution in [0.2, 0.25) is 0 Å². The van der Waals surface area contributed by atoms with Gasteiger partial charge in [-0.3, -0.25) is 4.79 Å². The Morgan fingerprint density at radius 3 is 2.73 bits per heavy atom. The van der Waals surface area contributed by atoms with Crippen LogP contribution in [0, 0.1) is 11.3 Å². The fourth-order valence-electron chi connectivity index (χ4n) is 1.57. The van der Waals surface area contributed by atoms with E-state index >= 15 is 0 Å². The van der Waals surface area contributed by atoms with Gasteiger partial charge in [0.05, 0.1) is 11.1 Å². The third-order valence-corrected chi connectivity index (χ3v) is 3.03. The third-order valence-electron chi connectivity index (χ3n) is 2.34. The molecule has 2 rings (SSSR count). The van der Waals surface area contributed by atoms with Gasteiger partial charge in [0, 0.05) is 23.0 Å². The number of fused-ring (bicyclic) bond motifs is 1. The number of pyridine rings is 1. The third kappa shape index (κ3) is 1.45. The summed E-state index contributed by atoms with van der Waals surface area (Å²) in [6.07, 6.45) is 0. The Kier molecular flexibility index (Phi) is 2.33. The van der Waals surface area contributed by atoms with Crippen LogP contribution in [0.5, 0.6) is 0 Å². The number of rotatable bonds is 0. The van der Waals surface area contributed by atoms with E-state index in [9.17, 15) is 4.79 Å². The molecule has 0 atom stereocenters. The fourth-order valence-corrected chi connectivity index (χ4v) is 2.02. The van der Waals surface area contributed by atoms with Crippen LogP contribution in [-0.2, 0) is 7.05 Å². The van der Waals surface area contributed by atoms with E-state index in [-0.39, 0.29) is 5.56 Å². The molecule has 1 aromatic carbocycles. The minimum Gasteiger partial charge on any atom is -0.310 e. The molecule has 0 saturated carbocycles. The molecule has 0 saturated heterocycles. The first-order chi connectivity index (χ1) is 7.15. The van der Waals surface area contributed by atoms with E-state index < -0.39 is 0 Å². The van der Waals surface area contributed by atoms with Gasteiger partial charge >= 0.3 is 0 Å². The normalized spacial score (nSPS) is 10.2. The highest BCUT2D eigenvalue weighted by atomic mass is 79.9. The molecule has 0 aliphatic heterocycles. The Hall–Kier alpha value is -1.60. The monoisotopic (exact) mass is 262 g/mol. The summed E-state index contributed by atoms with van der Waals surface area (Å²) in [6.45, 7) is 0. The maximum absolute atomic E-state index is 11.5. The number of aryl methyl sites for hydroxylation is 1. The Morgan fingerprint density at radius 1 is 1.33 bits per heavy atom. The highest BCUT2D eigenvalue weighted by molar-refractivity contribution is 9.10. The van der Waals surface area contributed by atoms with Gasteiger partial charge in [0.2, 0.25) is 0 Å². The van der Waals surface area contributed by atoms with Gasteiger partial charge in [-0.05, 0) is 18.2 Å². The van der Waals surface area contributed by atoms with Gasteiger partial charge in [-0.1, -0.05) is 15.9 Å². The first kappa shape index (κ1) is 9.94. The van der Waals surface area contributed by atoms with Crippen LogP contribution in [0.25, 0.3) is 10.9 Å². The summed E-state index contributed by atoms with van der Waals surface area (Å²) in [5, 5.41) is 9.83. The van der Waals surface area contributed by atoms with E-state index in [2.05, 4.69) is 22.0 Å². The average Bonchev–Trinajstić information content (AvgIpc) is 2.24. The van der Waals surface area contributed by atoms with Crippen molar-refractivity contribution in [2.24, 2.45) is 7.05 Å². The van der Waals surface area contributed by atoms with Gasteiger partial charge in [0.1, 0.15) is 6.07 Å². The van der Waals surface area contributed by atoms with E-state index in [1.807, 2.05) is 6.07 Å². The van der Waals surface area contributed by atoms with Crippen LogP contribution in [-0.4, -0.2) is 4.57 Å². The molecule has 0 spiro atoms. The van der Waals surface area contributed by atoms with Crippen molar-refractivity contribution >= 4 is 26.8 Å². The molecule has 74 valence electrons. The first-order valence-corrected chi connectivity index (χ1v) is 5.13. The largest absolute Gasteiger partial charge is 0.310 e. The van der Waals surface area contributed by atoms with Crippen LogP contribution in [0.1, 0.15) is 5.56 Å². The second-order valence-corrected chi connectivity index (χ2v) is 4.05. The van der Waals surface area contributed by atoms with Gasteiger partial charge in [0.15, 0.2) is 0 Å². The quantitative estimate of drug-likeness (QED) is 0.731. The van der Waals surface area contributed by atoms with Gasteiger partial charge in [-0.15, -0.1) is 0 Å². The molecule has 1 heterocycles. The number of aromatic nitrogens is 1. The summed E-state index contributed by atoms with van der Waals surface area (Å²) < 4.78 is 2.37. The number of hydrogen-bond donors (Lipinski definition) is 0. The minimum atomic E-state index is -0.114. The molecular weight excluding hydrogens is 256 g/mol. The molecular formula is C11H7BrN2O. The molecule has 0 unspecified atom stereocenters. The Bertz CT molecular complexity index is 637. The predicted octanol–water partition coefficient (Wildman–Crippen LogP) is 2.17. The SMILES string of the molecule is Cn1c(=O)ccc2c(Br)ccc(C#N)c21. The van der Waals surface area contributed by atoms with E-state index in [0.29, 0.717) is 11.1 Å². The fraction of sp³-hybridized carbons (Fsp3) is 0.0909. The maximum atomic E-state index is 11.5. The lowest BCUT2D eigenvalue weighted by Crippen LogP contribution is -2.15. The van der Waals surface area contributed by atoms with Crippen LogP contribution >= 0.6 is 15.9 Å². The van der Waals surface area contributed by atoms with Crippen LogP contribution in [0.4, 0.5) is 0 Å². The van der Waals surface area contributed by atoms with Crippen molar-refractivity contribution in [2.45, 2.75) is 0 Å². The summed E-state index contributed by atoms with van der Waals surface area (Å²) in [5.41, 5.74) is 1.06. The molecule has 15 heavy (non-hydrogen) atoms. The van der Waals surface area contributed by atoms with E-state index in [1.165, 1.54) is 10.6 Å². The molecule has 0 aliphatic carbocycles. The second-order valence-electron chi connectivity index (χ2n) is 3.20. The highest BCUT2D eigenvalue weighted by Crippen LogP contribution is 2.24. The zero-order valence-electron chi connectivity index (χ0n) is 7.99. The molecule has 0 bridgehead atoms. The number of halogens is 1. The van der Waals surface area contributed by atoms with Crippen molar-refractivity contribution in [3.63, 3.8) is 0 Å². The number of nitriles is 1. The molecule has 0 aliphatic rings. The summed E-state index contributed by atoms with van der Waals surface area (Å²) in [6, 6.07) is 8.81. The van der Waals surface area contributed by atoms with Crippen LogP contribution in [0.15, 0.2) is 33.5 Å². The van der Waals surface area contributed by atoms with Crippen molar-refractivity contribution in [1.29, 1.82) is 5.26 Å². The lowest BCUT2D eigenvalue weighted by molar-refractivity contribution is 0.904. The summed E-state index contributed by atoms with van der Waals surface area (Å²) in [5.74, 6) is 0.